The summed E-state index contributed by atoms with van der Waals surface area (Å²) in [4.78, 5) is 22.2. The maximum absolute atomic E-state index is 11.2. The molecule has 1 unspecified atom stereocenters. The van der Waals surface area contributed by atoms with E-state index >= 15 is 0 Å². The minimum atomic E-state index is -0.264. The van der Waals surface area contributed by atoms with Crippen molar-refractivity contribution in [1.29, 1.82) is 0 Å². The molecule has 1 aliphatic heterocycles. The van der Waals surface area contributed by atoms with Gasteiger partial charge in [0.25, 0.3) is 0 Å². The van der Waals surface area contributed by atoms with Crippen molar-refractivity contribution in [3.63, 3.8) is 0 Å². The van der Waals surface area contributed by atoms with Gasteiger partial charge in [-0.2, -0.15) is 5.10 Å². The van der Waals surface area contributed by atoms with Crippen molar-refractivity contribution < 1.29 is 14.3 Å². The first-order valence-electron chi connectivity index (χ1n) is 4.64. The summed E-state index contributed by atoms with van der Waals surface area (Å²) in [5, 5.41) is 3.79. The number of carbonyl (C=O) groups excluding carboxylic acids is 2. The predicted octanol–water partition coefficient (Wildman–Crippen LogP) is 0.452. The summed E-state index contributed by atoms with van der Waals surface area (Å²) < 4.78 is 4.76. The van der Waals surface area contributed by atoms with E-state index in [1.807, 2.05) is 0 Å². The van der Waals surface area contributed by atoms with Gasteiger partial charge in [0.15, 0.2) is 0 Å². The van der Waals surface area contributed by atoms with E-state index in [-0.39, 0.29) is 24.2 Å². The fourth-order valence-corrected chi connectivity index (χ4v) is 1.32. The molecule has 0 saturated heterocycles. The first kappa shape index (κ1) is 10.7. The molecule has 0 saturated carbocycles. The molecule has 1 rings (SSSR count). The van der Waals surface area contributed by atoms with Crippen molar-refractivity contribution in [2.24, 2.45) is 11.0 Å². The van der Waals surface area contributed by atoms with E-state index in [2.05, 4.69) is 10.5 Å². The Balaban J connectivity index is 2.34. The molecule has 1 N–H and O–H groups in total. The number of carbonyl (C=O) groups is 2. The Morgan fingerprint density at radius 3 is 2.86 bits per heavy atom. The number of hydrogen-bond donors (Lipinski definition) is 1. The molecular formula is C9H14N2O3. The van der Waals surface area contributed by atoms with Gasteiger partial charge in [-0.25, -0.2) is 5.43 Å². The first-order chi connectivity index (χ1) is 6.65. The zero-order chi connectivity index (χ0) is 10.6. The molecule has 1 atom stereocenters. The Bertz CT molecular complexity index is 273. The summed E-state index contributed by atoms with van der Waals surface area (Å²) in [6, 6.07) is 0. The van der Waals surface area contributed by atoms with Gasteiger partial charge in [0.1, 0.15) is 0 Å². The molecule has 0 fully saturated rings. The van der Waals surface area contributed by atoms with Gasteiger partial charge in [0.05, 0.1) is 12.5 Å². The van der Waals surface area contributed by atoms with Crippen LogP contribution in [-0.2, 0) is 14.3 Å². The fraction of sp³-hybridized carbons (Fsp3) is 0.667. The maximum Gasteiger partial charge on any atom is 0.305 e. The minimum Gasteiger partial charge on any atom is -0.466 e. The molecule has 5 heteroatoms. The lowest BCUT2D eigenvalue weighted by atomic mass is 9.99. The fourth-order valence-electron chi connectivity index (χ4n) is 1.32. The molecule has 0 aliphatic carbocycles. The zero-order valence-corrected chi connectivity index (χ0v) is 8.37. The second kappa shape index (κ2) is 4.74. The van der Waals surface area contributed by atoms with Crippen LogP contribution in [0.15, 0.2) is 5.10 Å². The highest BCUT2D eigenvalue weighted by Crippen LogP contribution is 2.13. The lowest BCUT2D eigenvalue weighted by Gasteiger charge is -2.06. The largest absolute Gasteiger partial charge is 0.466 e. The maximum atomic E-state index is 11.2. The average Bonchev–Trinajstić information content (AvgIpc) is 2.44. The average molecular weight is 198 g/mol. The van der Waals surface area contributed by atoms with Gasteiger partial charge in [-0.05, 0) is 20.3 Å². The molecule has 5 nitrogen and oxygen atoms in total. The third kappa shape index (κ3) is 2.55. The number of hydrazone groups is 1. The van der Waals surface area contributed by atoms with Crippen LogP contribution in [0.2, 0.25) is 0 Å². The van der Waals surface area contributed by atoms with Gasteiger partial charge in [0.2, 0.25) is 5.91 Å². The summed E-state index contributed by atoms with van der Waals surface area (Å²) in [5.74, 6) is -0.661. The second-order valence-electron chi connectivity index (χ2n) is 3.13. The van der Waals surface area contributed by atoms with Gasteiger partial charge in [-0.3, -0.25) is 9.59 Å². The third-order valence-electron chi connectivity index (χ3n) is 2.11. The topological polar surface area (TPSA) is 67.8 Å². The minimum absolute atomic E-state index is 0.133. The van der Waals surface area contributed by atoms with Crippen LogP contribution in [0.4, 0.5) is 0 Å². The third-order valence-corrected chi connectivity index (χ3v) is 2.11. The van der Waals surface area contributed by atoms with Crippen molar-refractivity contribution >= 4 is 17.6 Å². The van der Waals surface area contributed by atoms with Gasteiger partial charge < -0.3 is 4.74 Å². The summed E-state index contributed by atoms with van der Waals surface area (Å²) in [6.07, 6.45) is 0.735. The monoisotopic (exact) mass is 198 g/mol. The molecule has 0 aromatic rings. The van der Waals surface area contributed by atoms with Crippen LogP contribution in [0.1, 0.15) is 26.7 Å². The van der Waals surface area contributed by atoms with E-state index in [1.165, 1.54) is 0 Å². The van der Waals surface area contributed by atoms with Crippen LogP contribution in [0.5, 0.6) is 0 Å². The van der Waals surface area contributed by atoms with E-state index in [0.29, 0.717) is 13.0 Å². The number of nitrogens with zero attached hydrogens (tertiary/aromatic N) is 1. The van der Waals surface area contributed by atoms with E-state index in [0.717, 1.165) is 5.71 Å². The Labute approximate surface area is 82.5 Å². The van der Waals surface area contributed by atoms with Gasteiger partial charge in [0, 0.05) is 12.1 Å². The number of rotatable bonds is 4. The molecule has 0 radical (unpaired) electrons. The molecule has 1 heterocycles. The van der Waals surface area contributed by atoms with Crippen molar-refractivity contribution in [3.05, 3.63) is 0 Å². The number of esters is 1. The molecule has 0 aromatic heterocycles. The smallest absolute Gasteiger partial charge is 0.305 e. The van der Waals surface area contributed by atoms with E-state index in [4.69, 9.17) is 4.74 Å². The predicted molar refractivity (Wildman–Crippen MR) is 50.6 cm³/mol. The Hall–Kier alpha value is -1.39. The zero-order valence-electron chi connectivity index (χ0n) is 8.37. The first-order valence-corrected chi connectivity index (χ1v) is 4.64. The summed E-state index contributed by atoms with van der Waals surface area (Å²) in [6.45, 7) is 3.91. The van der Waals surface area contributed by atoms with Gasteiger partial charge in [-0.1, -0.05) is 0 Å². The second-order valence-corrected chi connectivity index (χ2v) is 3.13. The Morgan fingerprint density at radius 1 is 1.64 bits per heavy atom. The van der Waals surface area contributed by atoms with Crippen molar-refractivity contribution in [2.75, 3.05) is 6.61 Å². The van der Waals surface area contributed by atoms with Crippen LogP contribution in [-0.4, -0.2) is 24.2 Å². The lowest BCUT2D eigenvalue weighted by Crippen LogP contribution is -2.23. The molecule has 0 spiro atoms. The highest BCUT2D eigenvalue weighted by molar-refractivity contribution is 6.06. The molecule has 1 amide bonds. The van der Waals surface area contributed by atoms with Crippen LogP contribution in [0.25, 0.3) is 0 Å². The summed E-state index contributed by atoms with van der Waals surface area (Å²) >= 11 is 0. The lowest BCUT2D eigenvalue weighted by molar-refractivity contribution is -0.143. The van der Waals surface area contributed by atoms with Crippen LogP contribution < -0.4 is 5.43 Å². The number of nitrogens with one attached hydrogen (secondary N) is 1. The molecule has 14 heavy (non-hydrogen) atoms. The van der Waals surface area contributed by atoms with Crippen molar-refractivity contribution in [1.82, 2.24) is 5.43 Å². The molecule has 1 aliphatic rings. The molecule has 0 bridgehead atoms. The summed E-state index contributed by atoms with van der Waals surface area (Å²) in [7, 11) is 0. The molecule has 78 valence electrons. The molecule has 0 aromatic carbocycles. The van der Waals surface area contributed by atoms with Crippen LogP contribution in [0, 0.1) is 5.92 Å². The number of amides is 1. The van der Waals surface area contributed by atoms with Crippen molar-refractivity contribution in [3.8, 4) is 0 Å². The standard InChI is InChI=1S/C9H14N2O3/c1-3-14-8(12)5-4-7-6(2)10-11-9(7)13/h7H,3-5H2,1-2H3,(H,11,13). The van der Waals surface area contributed by atoms with Gasteiger partial charge in [-0.15, -0.1) is 0 Å². The summed E-state index contributed by atoms with van der Waals surface area (Å²) in [5.41, 5.74) is 3.11. The van der Waals surface area contributed by atoms with Crippen LogP contribution in [0.3, 0.4) is 0 Å². The highest BCUT2D eigenvalue weighted by Gasteiger charge is 2.27. The van der Waals surface area contributed by atoms with Crippen LogP contribution >= 0.6 is 0 Å². The number of ether oxygens (including phenoxy) is 1. The SMILES string of the molecule is CCOC(=O)CCC1C(=O)NN=C1C. The Kier molecular flexibility index (Phi) is 3.62. The Morgan fingerprint density at radius 2 is 2.36 bits per heavy atom. The number of hydrogen-bond acceptors (Lipinski definition) is 4. The van der Waals surface area contributed by atoms with E-state index in [9.17, 15) is 9.59 Å². The van der Waals surface area contributed by atoms with Crippen molar-refractivity contribution in [2.45, 2.75) is 26.7 Å². The van der Waals surface area contributed by atoms with E-state index in [1.54, 1.807) is 13.8 Å². The van der Waals surface area contributed by atoms with E-state index < -0.39 is 0 Å². The highest BCUT2D eigenvalue weighted by atomic mass is 16.5. The van der Waals surface area contributed by atoms with Gasteiger partial charge >= 0.3 is 5.97 Å². The molecular weight excluding hydrogens is 184 g/mol. The quantitative estimate of drug-likeness (QED) is 0.667. The normalized spacial score (nSPS) is 20.3.